The number of alkyl halides is 3. The Morgan fingerprint density at radius 1 is 1.38 bits per heavy atom. The Bertz CT molecular complexity index is 478. The van der Waals surface area contributed by atoms with Gasteiger partial charge in [-0.3, -0.25) is 0 Å². The number of benzene rings is 1. The highest BCUT2D eigenvalue weighted by molar-refractivity contribution is 6.33. The number of rotatable bonds is 7. The van der Waals surface area contributed by atoms with E-state index in [0.717, 1.165) is 18.9 Å². The molecular formula is C14H17ClF3NO2. The maximum atomic E-state index is 12.9. The summed E-state index contributed by atoms with van der Waals surface area (Å²) in [6.07, 6.45) is -3.10. The minimum Gasteiger partial charge on any atom is -0.389 e. The lowest BCUT2D eigenvalue weighted by Crippen LogP contribution is -2.26. The maximum Gasteiger partial charge on any atom is 0.418 e. The van der Waals surface area contributed by atoms with E-state index in [1.807, 2.05) is 0 Å². The van der Waals surface area contributed by atoms with Crippen LogP contribution in [0.4, 0.5) is 18.9 Å². The third-order valence-corrected chi connectivity index (χ3v) is 3.51. The van der Waals surface area contributed by atoms with E-state index >= 15 is 0 Å². The molecule has 21 heavy (non-hydrogen) atoms. The Morgan fingerprint density at radius 3 is 2.71 bits per heavy atom. The number of ether oxygens (including phenoxy) is 1. The first kappa shape index (κ1) is 16.4. The van der Waals surface area contributed by atoms with E-state index in [-0.39, 0.29) is 23.9 Å². The average Bonchev–Trinajstić information content (AvgIpc) is 3.20. The molecule has 0 saturated heterocycles. The van der Waals surface area contributed by atoms with E-state index < -0.39 is 17.8 Å². The number of aliphatic hydroxyl groups excluding tert-OH is 1. The highest BCUT2D eigenvalue weighted by Gasteiger charge is 2.34. The Morgan fingerprint density at radius 2 is 2.10 bits per heavy atom. The first-order chi connectivity index (χ1) is 9.88. The van der Waals surface area contributed by atoms with Crippen LogP contribution >= 0.6 is 11.6 Å². The maximum absolute atomic E-state index is 12.9. The molecule has 2 rings (SSSR count). The summed E-state index contributed by atoms with van der Waals surface area (Å²) in [6.45, 7) is 0.629. The standard InChI is InChI=1S/C14H17ClF3NO2/c15-12-3-1-2-11(14(16,17)18)13(12)19-6-10(20)8-21-7-9-4-5-9/h1-3,9-10,19-20H,4-8H2. The molecule has 1 saturated carbocycles. The number of hydrogen-bond donors (Lipinski definition) is 2. The number of hydrogen-bond acceptors (Lipinski definition) is 3. The van der Waals surface area contributed by atoms with E-state index in [4.69, 9.17) is 16.3 Å². The van der Waals surface area contributed by atoms with Gasteiger partial charge in [0.25, 0.3) is 0 Å². The molecule has 2 N–H and O–H groups in total. The van der Waals surface area contributed by atoms with Crippen LogP contribution in [0.1, 0.15) is 18.4 Å². The monoisotopic (exact) mass is 323 g/mol. The molecule has 1 aliphatic rings. The minimum atomic E-state index is -4.50. The smallest absolute Gasteiger partial charge is 0.389 e. The lowest BCUT2D eigenvalue weighted by atomic mass is 10.1. The molecule has 0 aliphatic heterocycles. The van der Waals surface area contributed by atoms with Crippen molar-refractivity contribution in [1.82, 2.24) is 0 Å². The highest BCUT2D eigenvalue weighted by Crippen LogP contribution is 2.38. The van der Waals surface area contributed by atoms with Gasteiger partial charge in [-0.1, -0.05) is 17.7 Å². The quantitative estimate of drug-likeness (QED) is 0.806. The molecule has 0 heterocycles. The van der Waals surface area contributed by atoms with Gasteiger partial charge in [0.05, 0.1) is 29.0 Å². The number of nitrogens with one attached hydrogen (secondary N) is 1. The van der Waals surface area contributed by atoms with Gasteiger partial charge in [0.15, 0.2) is 0 Å². The number of aliphatic hydroxyl groups is 1. The Hall–Kier alpha value is -0.980. The van der Waals surface area contributed by atoms with Gasteiger partial charge < -0.3 is 15.2 Å². The van der Waals surface area contributed by atoms with Gasteiger partial charge in [-0.05, 0) is 30.9 Å². The van der Waals surface area contributed by atoms with Gasteiger partial charge in [0.1, 0.15) is 0 Å². The number of anilines is 1. The normalized spacial score (nSPS) is 16.8. The van der Waals surface area contributed by atoms with Crippen molar-refractivity contribution in [3.8, 4) is 0 Å². The van der Waals surface area contributed by atoms with Crippen LogP contribution in [0, 0.1) is 5.92 Å². The van der Waals surface area contributed by atoms with Crippen molar-refractivity contribution >= 4 is 17.3 Å². The van der Waals surface area contributed by atoms with Crippen LogP contribution in [-0.2, 0) is 10.9 Å². The fourth-order valence-electron chi connectivity index (χ4n) is 1.87. The van der Waals surface area contributed by atoms with Crippen molar-refractivity contribution < 1.29 is 23.0 Å². The molecule has 1 atom stereocenters. The van der Waals surface area contributed by atoms with Crippen molar-refractivity contribution in [1.29, 1.82) is 0 Å². The molecule has 1 aliphatic carbocycles. The first-order valence-electron chi connectivity index (χ1n) is 6.73. The van der Waals surface area contributed by atoms with Gasteiger partial charge in [0, 0.05) is 13.2 Å². The third kappa shape index (κ3) is 5.05. The highest BCUT2D eigenvalue weighted by atomic mass is 35.5. The zero-order valence-corrected chi connectivity index (χ0v) is 12.0. The molecule has 118 valence electrons. The molecule has 0 amide bonds. The molecular weight excluding hydrogens is 307 g/mol. The van der Waals surface area contributed by atoms with Crippen LogP contribution < -0.4 is 5.32 Å². The zero-order valence-electron chi connectivity index (χ0n) is 11.3. The summed E-state index contributed by atoms with van der Waals surface area (Å²) in [4.78, 5) is 0. The van der Waals surface area contributed by atoms with Gasteiger partial charge in [-0.15, -0.1) is 0 Å². The molecule has 3 nitrogen and oxygen atoms in total. The van der Waals surface area contributed by atoms with Crippen LogP contribution in [-0.4, -0.2) is 31.0 Å². The van der Waals surface area contributed by atoms with E-state index in [9.17, 15) is 18.3 Å². The van der Waals surface area contributed by atoms with Crippen molar-refractivity contribution in [2.45, 2.75) is 25.1 Å². The summed E-state index contributed by atoms with van der Waals surface area (Å²) >= 11 is 5.80. The van der Waals surface area contributed by atoms with E-state index in [1.54, 1.807) is 0 Å². The van der Waals surface area contributed by atoms with Crippen LogP contribution in [0.2, 0.25) is 5.02 Å². The van der Waals surface area contributed by atoms with Crippen LogP contribution in [0.3, 0.4) is 0 Å². The van der Waals surface area contributed by atoms with Gasteiger partial charge in [-0.25, -0.2) is 0 Å². The van der Waals surface area contributed by atoms with Crippen molar-refractivity contribution in [2.75, 3.05) is 25.1 Å². The molecule has 0 radical (unpaired) electrons. The van der Waals surface area contributed by atoms with E-state index in [0.29, 0.717) is 12.5 Å². The Kier molecular flexibility index (Phi) is 5.35. The van der Waals surface area contributed by atoms with E-state index in [2.05, 4.69) is 5.32 Å². The lowest BCUT2D eigenvalue weighted by Gasteiger charge is -2.18. The molecule has 0 spiro atoms. The molecule has 0 aromatic heterocycles. The molecule has 7 heteroatoms. The molecule has 1 fully saturated rings. The molecule has 1 unspecified atom stereocenters. The molecule has 1 aromatic rings. The fourth-order valence-corrected chi connectivity index (χ4v) is 2.12. The SMILES string of the molecule is OC(CNc1c(Cl)cccc1C(F)(F)F)COCC1CC1. The van der Waals surface area contributed by atoms with Gasteiger partial charge >= 0.3 is 6.18 Å². The van der Waals surface area contributed by atoms with Crippen molar-refractivity contribution in [2.24, 2.45) is 5.92 Å². The predicted octanol–water partition coefficient (Wildman–Crippen LogP) is 3.56. The summed E-state index contributed by atoms with van der Waals surface area (Å²) in [7, 11) is 0. The third-order valence-electron chi connectivity index (χ3n) is 3.19. The van der Waals surface area contributed by atoms with Crippen molar-refractivity contribution in [3.05, 3.63) is 28.8 Å². The number of halogens is 4. The topological polar surface area (TPSA) is 41.5 Å². The average molecular weight is 324 g/mol. The second-order valence-electron chi connectivity index (χ2n) is 5.18. The minimum absolute atomic E-state index is 0.0316. The summed E-state index contributed by atoms with van der Waals surface area (Å²) < 4.78 is 43.9. The Balaban J connectivity index is 1.89. The van der Waals surface area contributed by atoms with Crippen LogP contribution in [0.25, 0.3) is 0 Å². The molecule has 1 aromatic carbocycles. The summed E-state index contributed by atoms with van der Waals surface area (Å²) in [5.74, 6) is 0.575. The summed E-state index contributed by atoms with van der Waals surface area (Å²) in [6, 6.07) is 3.56. The zero-order chi connectivity index (χ0) is 15.5. The van der Waals surface area contributed by atoms with Crippen LogP contribution in [0.15, 0.2) is 18.2 Å². The second kappa shape index (κ2) is 6.85. The first-order valence-corrected chi connectivity index (χ1v) is 7.11. The largest absolute Gasteiger partial charge is 0.418 e. The van der Waals surface area contributed by atoms with Gasteiger partial charge in [0.2, 0.25) is 0 Å². The fraction of sp³-hybridized carbons (Fsp3) is 0.571. The van der Waals surface area contributed by atoms with Crippen LogP contribution in [0.5, 0.6) is 0 Å². The Labute approximate surface area is 126 Å². The predicted molar refractivity (Wildman–Crippen MR) is 74.5 cm³/mol. The summed E-state index contributed by atoms with van der Waals surface area (Å²) in [5.41, 5.74) is -1.06. The number of para-hydroxylation sites is 1. The lowest BCUT2D eigenvalue weighted by molar-refractivity contribution is -0.137. The van der Waals surface area contributed by atoms with Gasteiger partial charge in [-0.2, -0.15) is 13.2 Å². The second-order valence-corrected chi connectivity index (χ2v) is 5.58. The van der Waals surface area contributed by atoms with Crippen molar-refractivity contribution in [3.63, 3.8) is 0 Å². The van der Waals surface area contributed by atoms with E-state index in [1.165, 1.54) is 12.1 Å². The molecule has 0 bridgehead atoms. The summed E-state index contributed by atoms with van der Waals surface area (Å²) in [5, 5.41) is 12.2.